The lowest BCUT2D eigenvalue weighted by Crippen LogP contribution is -2.36. The molecule has 3 aliphatic carbocycles. The summed E-state index contributed by atoms with van der Waals surface area (Å²) < 4.78 is 2.40. The third kappa shape index (κ3) is 4.05. The Morgan fingerprint density at radius 2 is 1.18 bits per heavy atom. The van der Waals surface area contributed by atoms with Gasteiger partial charge in [0.15, 0.2) is 0 Å². The van der Waals surface area contributed by atoms with E-state index >= 15 is 0 Å². The van der Waals surface area contributed by atoms with Gasteiger partial charge in [-0.2, -0.15) is 0 Å². The van der Waals surface area contributed by atoms with Gasteiger partial charge in [-0.25, -0.2) is 0 Å². The molecule has 51 heavy (non-hydrogen) atoms. The lowest BCUT2D eigenvalue weighted by atomic mass is 9.62. The van der Waals surface area contributed by atoms with Gasteiger partial charge in [-0.3, -0.25) is 0 Å². The molecule has 0 spiro atoms. The van der Waals surface area contributed by atoms with Crippen molar-refractivity contribution in [3.63, 3.8) is 0 Å². The molecule has 0 radical (unpaired) electrons. The molecule has 0 N–H and O–H groups in total. The number of fused-ring (bicyclic) bond motifs is 9. The van der Waals surface area contributed by atoms with E-state index in [9.17, 15) is 0 Å². The fourth-order valence-corrected chi connectivity index (χ4v) is 9.78. The van der Waals surface area contributed by atoms with E-state index in [1.807, 2.05) is 0 Å². The van der Waals surface area contributed by atoms with E-state index in [1.54, 1.807) is 0 Å². The van der Waals surface area contributed by atoms with E-state index in [4.69, 9.17) is 0 Å². The Morgan fingerprint density at radius 1 is 0.529 bits per heavy atom. The Kier molecular flexibility index (Phi) is 6.20. The van der Waals surface area contributed by atoms with Gasteiger partial charge in [0.25, 0.3) is 0 Å². The molecule has 2 unspecified atom stereocenters. The molecular weight excluding hydrogens is 617 g/mol. The molecule has 3 aliphatic rings. The van der Waals surface area contributed by atoms with Crippen molar-refractivity contribution in [1.29, 1.82) is 0 Å². The summed E-state index contributed by atoms with van der Waals surface area (Å²) in [6, 6.07) is 49.9. The molecular formula is C49H42N2. The van der Waals surface area contributed by atoms with Crippen LogP contribution in [0, 0.1) is 5.41 Å². The third-order valence-corrected chi connectivity index (χ3v) is 12.9. The minimum atomic E-state index is -0.0937. The number of para-hydroxylation sites is 2. The molecule has 0 amide bonds. The first kappa shape index (κ1) is 30.2. The van der Waals surface area contributed by atoms with E-state index in [2.05, 4.69) is 202 Å². The van der Waals surface area contributed by atoms with Gasteiger partial charge in [-0.05, 0) is 99.5 Å². The predicted octanol–water partition coefficient (Wildman–Crippen LogP) is 13.1. The molecule has 248 valence electrons. The van der Waals surface area contributed by atoms with Gasteiger partial charge in [0.1, 0.15) is 0 Å². The van der Waals surface area contributed by atoms with Crippen LogP contribution in [0.5, 0.6) is 0 Å². The number of anilines is 3. The zero-order chi connectivity index (χ0) is 34.7. The summed E-state index contributed by atoms with van der Waals surface area (Å²) in [5.41, 5.74) is 15.4. The SMILES string of the molecule is CC1(C)c2ccccc2-c2ccc(N(c3ccc4c(c3)C(C)(C)C3(C)C=CC=CC43)c3ccc4c(c3)c3ccccc3n4-c3ccccc3)cc21. The second kappa shape index (κ2) is 10.5. The molecule has 10 rings (SSSR count). The van der Waals surface area contributed by atoms with Crippen molar-refractivity contribution in [1.82, 2.24) is 4.57 Å². The summed E-state index contributed by atoms with van der Waals surface area (Å²) in [4.78, 5) is 2.50. The van der Waals surface area contributed by atoms with Gasteiger partial charge in [-0.15, -0.1) is 0 Å². The van der Waals surface area contributed by atoms with Crippen molar-refractivity contribution in [3.05, 3.63) is 180 Å². The standard InChI is InChI=1S/C49H42N2/c1-47(2)41-19-11-9-17-36(41)37-25-22-34(30-43(37)47)50(35-23-26-39-42-20-13-14-28-49(42,5)48(3,4)44(39)31-35)33-24-27-46-40(29-33)38-18-10-12-21-45(38)51(46)32-15-7-6-8-16-32/h6-31,42H,1-5H3. The molecule has 2 atom stereocenters. The molecule has 1 aromatic heterocycles. The highest BCUT2D eigenvalue weighted by atomic mass is 15.1. The molecule has 7 aromatic rings. The largest absolute Gasteiger partial charge is 0.310 e. The van der Waals surface area contributed by atoms with E-state index in [1.165, 1.54) is 72.2 Å². The first-order valence-corrected chi connectivity index (χ1v) is 18.3. The van der Waals surface area contributed by atoms with Crippen LogP contribution in [0.4, 0.5) is 17.1 Å². The van der Waals surface area contributed by atoms with Crippen molar-refractivity contribution in [2.45, 2.75) is 51.4 Å². The van der Waals surface area contributed by atoms with Crippen LogP contribution in [0.2, 0.25) is 0 Å². The maximum atomic E-state index is 2.50. The topological polar surface area (TPSA) is 8.17 Å². The van der Waals surface area contributed by atoms with Gasteiger partial charge >= 0.3 is 0 Å². The smallest absolute Gasteiger partial charge is 0.0542 e. The fraction of sp³-hybridized carbons (Fsp3) is 0.184. The Labute approximate surface area is 301 Å². The van der Waals surface area contributed by atoms with Gasteiger partial charge < -0.3 is 9.47 Å². The van der Waals surface area contributed by atoms with Crippen LogP contribution in [0.25, 0.3) is 38.6 Å². The van der Waals surface area contributed by atoms with Gasteiger partial charge in [0.2, 0.25) is 0 Å². The normalized spacial score (nSPS) is 20.3. The monoisotopic (exact) mass is 658 g/mol. The van der Waals surface area contributed by atoms with Crippen LogP contribution >= 0.6 is 0 Å². The third-order valence-electron chi connectivity index (χ3n) is 12.9. The van der Waals surface area contributed by atoms with Gasteiger partial charge in [0, 0.05) is 50.3 Å². The minimum Gasteiger partial charge on any atom is -0.310 e. The van der Waals surface area contributed by atoms with Gasteiger partial charge in [-0.1, -0.05) is 132 Å². The van der Waals surface area contributed by atoms with Crippen LogP contribution in [0.15, 0.2) is 158 Å². The fourth-order valence-electron chi connectivity index (χ4n) is 9.78. The first-order chi connectivity index (χ1) is 24.7. The summed E-state index contributed by atoms with van der Waals surface area (Å²) in [6.07, 6.45) is 9.31. The lowest BCUT2D eigenvalue weighted by Gasteiger charge is -2.41. The van der Waals surface area contributed by atoms with Crippen LogP contribution < -0.4 is 4.90 Å². The number of aromatic nitrogens is 1. The van der Waals surface area contributed by atoms with Crippen molar-refractivity contribution < 1.29 is 0 Å². The Bertz CT molecular complexity index is 2610. The summed E-state index contributed by atoms with van der Waals surface area (Å²) in [5, 5.41) is 2.51. The zero-order valence-corrected chi connectivity index (χ0v) is 30.0. The van der Waals surface area contributed by atoms with Crippen LogP contribution in [-0.2, 0) is 10.8 Å². The highest BCUT2D eigenvalue weighted by molar-refractivity contribution is 6.10. The van der Waals surface area contributed by atoms with Crippen LogP contribution in [-0.4, -0.2) is 4.57 Å². The number of rotatable bonds is 4. The summed E-state index contributed by atoms with van der Waals surface area (Å²) in [6.45, 7) is 12.0. The Balaban J connectivity index is 1.21. The lowest BCUT2D eigenvalue weighted by molar-refractivity contribution is 0.245. The first-order valence-electron chi connectivity index (χ1n) is 18.3. The van der Waals surface area contributed by atoms with E-state index in [0.717, 1.165) is 5.69 Å². The van der Waals surface area contributed by atoms with Crippen LogP contribution in [0.3, 0.4) is 0 Å². The van der Waals surface area contributed by atoms with E-state index in [0.29, 0.717) is 5.92 Å². The average Bonchev–Trinajstić information content (AvgIpc) is 3.67. The minimum absolute atomic E-state index is 0.0229. The molecule has 2 nitrogen and oxygen atoms in total. The molecule has 0 saturated heterocycles. The Hall–Kier alpha value is -5.60. The maximum absolute atomic E-state index is 2.50. The zero-order valence-electron chi connectivity index (χ0n) is 30.0. The number of hydrogen-bond acceptors (Lipinski definition) is 1. The Morgan fingerprint density at radius 3 is 2.02 bits per heavy atom. The average molecular weight is 659 g/mol. The maximum Gasteiger partial charge on any atom is 0.0542 e. The number of nitrogens with zero attached hydrogens (tertiary/aromatic N) is 2. The predicted molar refractivity (Wildman–Crippen MR) is 215 cm³/mol. The van der Waals surface area contributed by atoms with Gasteiger partial charge in [0.05, 0.1) is 11.0 Å². The number of allylic oxidation sites excluding steroid dienone is 4. The highest BCUT2D eigenvalue weighted by Gasteiger charge is 2.53. The molecule has 2 heteroatoms. The summed E-state index contributed by atoms with van der Waals surface area (Å²) in [7, 11) is 0. The molecule has 0 fully saturated rings. The second-order valence-electron chi connectivity index (χ2n) is 16.0. The molecule has 0 saturated carbocycles. The van der Waals surface area contributed by atoms with Crippen molar-refractivity contribution in [2.75, 3.05) is 4.90 Å². The second-order valence-corrected chi connectivity index (χ2v) is 16.0. The molecule has 0 aliphatic heterocycles. The molecule has 0 bridgehead atoms. The number of hydrogen-bond donors (Lipinski definition) is 0. The van der Waals surface area contributed by atoms with E-state index in [-0.39, 0.29) is 16.2 Å². The quantitative estimate of drug-likeness (QED) is 0.183. The van der Waals surface area contributed by atoms with E-state index < -0.39 is 0 Å². The number of benzene rings is 6. The van der Waals surface area contributed by atoms with Crippen molar-refractivity contribution in [2.24, 2.45) is 5.41 Å². The summed E-state index contributed by atoms with van der Waals surface area (Å²) in [5.74, 6) is 0.370. The van der Waals surface area contributed by atoms with Crippen molar-refractivity contribution >= 4 is 38.9 Å². The van der Waals surface area contributed by atoms with Crippen LogP contribution in [0.1, 0.15) is 62.8 Å². The highest BCUT2D eigenvalue weighted by Crippen LogP contribution is 2.62. The summed E-state index contributed by atoms with van der Waals surface area (Å²) >= 11 is 0. The molecule has 1 heterocycles. The molecule has 6 aromatic carbocycles. The van der Waals surface area contributed by atoms with Crippen molar-refractivity contribution in [3.8, 4) is 16.8 Å².